The molecule has 1 aromatic heterocycles. The first-order chi connectivity index (χ1) is 5.83. The van der Waals surface area contributed by atoms with E-state index in [2.05, 4.69) is 27.1 Å². The predicted molar refractivity (Wildman–Crippen MR) is 43.3 cm³/mol. The van der Waals surface area contributed by atoms with Crippen LogP contribution in [0.4, 0.5) is 0 Å². The Kier molecular flexibility index (Phi) is 3.01. The molecule has 0 atom stereocenters. The fraction of sp³-hybridized carbons (Fsp3) is 0.286. The van der Waals surface area contributed by atoms with Crippen LogP contribution in [0.1, 0.15) is 5.82 Å². The highest BCUT2D eigenvalue weighted by atomic mass is 16.1. The van der Waals surface area contributed by atoms with Crippen LogP contribution < -0.4 is 5.32 Å². The maximum absolute atomic E-state index is 10.7. The zero-order valence-corrected chi connectivity index (χ0v) is 6.58. The summed E-state index contributed by atoms with van der Waals surface area (Å²) in [6.07, 6.45) is 3.32. The monoisotopic (exact) mass is 166 g/mol. The fourth-order valence-electron chi connectivity index (χ4n) is 0.728. The normalized spacial score (nSPS) is 9.33. The Hall–Kier alpha value is -1.65. The summed E-state index contributed by atoms with van der Waals surface area (Å²) in [4.78, 5) is 14.6. The van der Waals surface area contributed by atoms with Crippen LogP contribution in [0.5, 0.6) is 0 Å². The summed E-state index contributed by atoms with van der Waals surface area (Å²) in [6.45, 7) is 3.87. The molecule has 1 aromatic rings. The topological polar surface area (TPSA) is 70.7 Å². The molecular formula is C7H10N4O. The van der Waals surface area contributed by atoms with E-state index in [0.29, 0.717) is 13.0 Å². The maximum Gasteiger partial charge on any atom is 0.243 e. The number of rotatable bonds is 4. The van der Waals surface area contributed by atoms with Crippen molar-refractivity contribution in [2.45, 2.75) is 6.42 Å². The van der Waals surface area contributed by atoms with E-state index in [-0.39, 0.29) is 5.91 Å². The number of hydrogen-bond acceptors (Lipinski definition) is 3. The Morgan fingerprint density at radius 1 is 1.83 bits per heavy atom. The summed E-state index contributed by atoms with van der Waals surface area (Å²) in [7, 11) is 0. The summed E-state index contributed by atoms with van der Waals surface area (Å²) >= 11 is 0. The Labute approximate surface area is 69.9 Å². The van der Waals surface area contributed by atoms with Crippen LogP contribution in [0.3, 0.4) is 0 Å². The average Bonchev–Trinajstić information content (AvgIpc) is 2.57. The Balaban J connectivity index is 2.19. The van der Waals surface area contributed by atoms with Crippen molar-refractivity contribution in [2.24, 2.45) is 0 Å². The molecule has 0 unspecified atom stereocenters. The number of carbonyl (C=O) groups is 1. The van der Waals surface area contributed by atoms with Crippen molar-refractivity contribution in [2.75, 3.05) is 6.54 Å². The molecule has 0 fully saturated rings. The third kappa shape index (κ3) is 2.53. The molecule has 12 heavy (non-hydrogen) atoms. The zero-order valence-electron chi connectivity index (χ0n) is 6.58. The fourth-order valence-corrected chi connectivity index (χ4v) is 0.728. The number of aromatic amines is 1. The van der Waals surface area contributed by atoms with E-state index in [1.807, 2.05) is 0 Å². The molecule has 2 N–H and O–H groups in total. The molecule has 0 saturated carbocycles. The van der Waals surface area contributed by atoms with Gasteiger partial charge in [0.1, 0.15) is 12.2 Å². The summed E-state index contributed by atoms with van der Waals surface area (Å²) < 4.78 is 0. The molecule has 0 spiro atoms. The van der Waals surface area contributed by atoms with Gasteiger partial charge in [0.05, 0.1) is 0 Å². The second kappa shape index (κ2) is 4.27. The van der Waals surface area contributed by atoms with E-state index in [1.165, 1.54) is 12.4 Å². The molecule has 0 saturated heterocycles. The lowest BCUT2D eigenvalue weighted by atomic mass is 10.4. The van der Waals surface area contributed by atoms with Crippen molar-refractivity contribution in [1.29, 1.82) is 0 Å². The largest absolute Gasteiger partial charge is 0.352 e. The van der Waals surface area contributed by atoms with Crippen molar-refractivity contribution >= 4 is 5.91 Å². The number of hydrogen-bond donors (Lipinski definition) is 2. The van der Waals surface area contributed by atoms with Crippen molar-refractivity contribution in [3.63, 3.8) is 0 Å². The standard InChI is InChI=1S/C7H10N4O/c1-2-7(12)8-4-3-6-9-5-10-11-6/h2,5H,1,3-4H2,(H,8,12)(H,9,10,11). The molecule has 0 aromatic carbocycles. The van der Waals surface area contributed by atoms with Crippen LogP contribution in [-0.4, -0.2) is 27.6 Å². The van der Waals surface area contributed by atoms with Crippen LogP contribution in [0.25, 0.3) is 0 Å². The van der Waals surface area contributed by atoms with E-state index < -0.39 is 0 Å². The van der Waals surface area contributed by atoms with Gasteiger partial charge in [0.2, 0.25) is 5.91 Å². The Morgan fingerprint density at radius 2 is 2.67 bits per heavy atom. The molecule has 0 aliphatic carbocycles. The first-order valence-electron chi connectivity index (χ1n) is 3.57. The number of carbonyl (C=O) groups excluding carboxylic acids is 1. The van der Waals surface area contributed by atoms with Gasteiger partial charge in [-0.3, -0.25) is 9.89 Å². The van der Waals surface area contributed by atoms with E-state index >= 15 is 0 Å². The van der Waals surface area contributed by atoms with Crippen molar-refractivity contribution in [3.05, 3.63) is 24.8 Å². The van der Waals surface area contributed by atoms with Gasteiger partial charge in [-0.2, -0.15) is 5.10 Å². The van der Waals surface area contributed by atoms with Gasteiger partial charge in [-0.15, -0.1) is 0 Å². The molecule has 5 heteroatoms. The minimum absolute atomic E-state index is 0.172. The summed E-state index contributed by atoms with van der Waals surface area (Å²) in [5.41, 5.74) is 0. The first kappa shape index (κ1) is 8.45. The molecule has 1 heterocycles. The molecule has 1 rings (SSSR count). The predicted octanol–water partition coefficient (Wildman–Crippen LogP) is -0.351. The van der Waals surface area contributed by atoms with Crippen LogP contribution in [-0.2, 0) is 11.2 Å². The molecule has 0 aliphatic rings. The van der Waals surface area contributed by atoms with Gasteiger partial charge in [-0.25, -0.2) is 4.98 Å². The highest BCUT2D eigenvalue weighted by Gasteiger charge is 1.96. The van der Waals surface area contributed by atoms with Crippen LogP contribution in [0, 0.1) is 0 Å². The number of H-pyrrole nitrogens is 1. The number of amides is 1. The molecule has 0 radical (unpaired) electrons. The quantitative estimate of drug-likeness (QED) is 0.600. The van der Waals surface area contributed by atoms with Gasteiger partial charge in [0, 0.05) is 13.0 Å². The van der Waals surface area contributed by atoms with Crippen molar-refractivity contribution in [3.8, 4) is 0 Å². The molecule has 0 bridgehead atoms. The van der Waals surface area contributed by atoms with Crippen molar-refractivity contribution in [1.82, 2.24) is 20.5 Å². The second-order valence-electron chi connectivity index (χ2n) is 2.18. The van der Waals surface area contributed by atoms with E-state index in [9.17, 15) is 4.79 Å². The molecular weight excluding hydrogens is 156 g/mol. The second-order valence-corrected chi connectivity index (χ2v) is 2.18. The highest BCUT2D eigenvalue weighted by Crippen LogP contribution is 1.84. The first-order valence-corrected chi connectivity index (χ1v) is 3.57. The smallest absolute Gasteiger partial charge is 0.243 e. The maximum atomic E-state index is 10.7. The SMILES string of the molecule is C=CC(=O)NCCc1ncn[nH]1. The van der Waals surface area contributed by atoms with E-state index in [1.54, 1.807) is 0 Å². The number of nitrogens with one attached hydrogen (secondary N) is 2. The van der Waals surface area contributed by atoms with Crippen LogP contribution >= 0.6 is 0 Å². The minimum atomic E-state index is -0.172. The van der Waals surface area contributed by atoms with Crippen LogP contribution in [0.2, 0.25) is 0 Å². The lowest BCUT2D eigenvalue weighted by molar-refractivity contribution is -0.116. The van der Waals surface area contributed by atoms with Crippen molar-refractivity contribution < 1.29 is 4.79 Å². The molecule has 1 amide bonds. The summed E-state index contributed by atoms with van der Waals surface area (Å²) in [5.74, 6) is 0.592. The average molecular weight is 166 g/mol. The lowest BCUT2D eigenvalue weighted by Gasteiger charge is -1.97. The number of nitrogens with zero attached hydrogens (tertiary/aromatic N) is 2. The lowest BCUT2D eigenvalue weighted by Crippen LogP contribution is -2.23. The zero-order chi connectivity index (χ0) is 8.81. The minimum Gasteiger partial charge on any atom is -0.352 e. The molecule has 0 aliphatic heterocycles. The van der Waals surface area contributed by atoms with Gasteiger partial charge < -0.3 is 5.32 Å². The summed E-state index contributed by atoms with van der Waals surface area (Å²) in [6, 6.07) is 0. The van der Waals surface area contributed by atoms with Gasteiger partial charge >= 0.3 is 0 Å². The molecule has 5 nitrogen and oxygen atoms in total. The van der Waals surface area contributed by atoms with Gasteiger partial charge in [0.25, 0.3) is 0 Å². The molecule has 64 valence electrons. The summed E-state index contributed by atoms with van der Waals surface area (Å²) in [5, 5.41) is 8.99. The Bertz CT molecular complexity index is 254. The highest BCUT2D eigenvalue weighted by molar-refractivity contribution is 5.86. The van der Waals surface area contributed by atoms with Gasteiger partial charge in [-0.05, 0) is 6.08 Å². The third-order valence-electron chi connectivity index (χ3n) is 1.31. The third-order valence-corrected chi connectivity index (χ3v) is 1.31. The van der Waals surface area contributed by atoms with Crippen LogP contribution in [0.15, 0.2) is 19.0 Å². The Morgan fingerprint density at radius 3 is 3.25 bits per heavy atom. The van der Waals surface area contributed by atoms with E-state index in [0.717, 1.165) is 5.82 Å². The number of aromatic nitrogens is 3. The van der Waals surface area contributed by atoms with Gasteiger partial charge in [-0.1, -0.05) is 6.58 Å². The van der Waals surface area contributed by atoms with E-state index in [4.69, 9.17) is 0 Å². The van der Waals surface area contributed by atoms with Gasteiger partial charge in [0.15, 0.2) is 0 Å².